The first kappa shape index (κ1) is 14.1. The standard InChI is InChI=1S/C14H19NO3S/c1-9(14(16)15-10-4-5-10)19-11-6-7-12(17-2)13(8-11)18-3/h6-10H,4-5H2,1-3H3,(H,15,16)/t9-/m1/s1. The fourth-order valence-corrected chi connectivity index (χ4v) is 2.60. The molecule has 1 saturated carbocycles. The Balaban J connectivity index is 1.99. The summed E-state index contributed by atoms with van der Waals surface area (Å²) in [6.07, 6.45) is 2.22. The summed E-state index contributed by atoms with van der Waals surface area (Å²) in [5.41, 5.74) is 0. The smallest absolute Gasteiger partial charge is 0.233 e. The highest BCUT2D eigenvalue weighted by atomic mass is 32.2. The molecule has 4 nitrogen and oxygen atoms in total. The first-order valence-electron chi connectivity index (χ1n) is 6.33. The highest BCUT2D eigenvalue weighted by molar-refractivity contribution is 8.00. The average Bonchev–Trinajstić information content (AvgIpc) is 3.22. The molecule has 0 bridgehead atoms. The zero-order valence-electron chi connectivity index (χ0n) is 11.4. The van der Waals surface area contributed by atoms with Crippen molar-refractivity contribution < 1.29 is 14.3 Å². The van der Waals surface area contributed by atoms with Gasteiger partial charge in [0, 0.05) is 10.9 Å². The Hall–Kier alpha value is -1.36. The van der Waals surface area contributed by atoms with Crippen LogP contribution in [-0.4, -0.2) is 31.4 Å². The van der Waals surface area contributed by atoms with Crippen LogP contribution in [0.25, 0.3) is 0 Å². The zero-order valence-corrected chi connectivity index (χ0v) is 12.3. The van der Waals surface area contributed by atoms with Crippen LogP contribution in [0.3, 0.4) is 0 Å². The third-order valence-electron chi connectivity index (χ3n) is 2.96. The van der Waals surface area contributed by atoms with E-state index >= 15 is 0 Å². The monoisotopic (exact) mass is 281 g/mol. The molecule has 0 aromatic heterocycles. The van der Waals surface area contributed by atoms with E-state index < -0.39 is 0 Å². The molecule has 1 amide bonds. The molecule has 1 fully saturated rings. The molecular formula is C14H19NO3S. The molecule has 0 radical (unpaired) electrons. The fourth-order valence-electron chi connectivity index (χ4n) is 1.69. The molecular weight excluding hydrogens is 262 g/mol. The molecule has 2 rings (SSSR count). The minimum atomic E-state index is -0.112. The fraction of sp³-hybridized carbons (Fsp3) is 0.500. The van der Waals surface area contributed by atoms with E-state index in [0.717, 1.165) is 17.7 Å². The maximum absolute atomic E-state index is 11.9. The third-order valence-corrected chi connectivity index (χ3v) is 4.05. The molecule has 1 N–H and O–H groups in total. The lowest BCUT2D eigenvalue weighted by Crippen LogP contribution is -2.32. The van der Waals surface area contributed by atoms with Gasteiger partial charge in [-0.05, 0) is 38.0 Å². The minimum absolute atomic E-state index is 0.0993. The van der Waals surface area contributed by atoms with Gasteiger partial charge in [0.2, 0.25) is 5.91 Å². The molecule has 19 heavy (non-hydrogen) atoms. The van der Waals surface area contributed by atoms with Gasteiger partial charge in [-0.1, -0.05) is 0 Å². The Morgan fingerprint density at radius 3 is 2.58 bits per heavy atom. The van der Waals surface area contributed by atoms with Gasteiger partial charge in [-0.2, -0.15) is 0 Å². The van der Waals surface area contributed by atoms with Gasteiger partial charge in [-0.25, -0.2) is 0 Å². The van der Waals surface area contributed by atoms with Gasteiger partial charge in [-0.15, -0.1) is 11.8 Å². The van der Waals surface area contributed by atoms with E-state index in [2.05, 4.69) is 5.32 Å². The van der Waals surface area contributed by atoms with Crippen LogP contribution in [0.4, 0.5) is 0 Å². The van der Waals surface area contributed by atoms with Crippen LogP contribution in [0.1, 0.15) is 19.8 Å². The van der Waals surface area contributed by atoms with Gasteiger partial charge in [-0.3, -0.25) is 4.79 Å². The number of benzene rings is 1. The Bertz CT molecular complexity index is 460. The van der Waals surface area contributed by atoms with Gasteiger partial charge >= 0.3 is 0 Å². The van der Waals surface area contributed by atoms with Gasteiger partial charge in [0.25, 0.3) is 0 Å². The Morgan fingerprint density at radius 1 is 1.32 bits per heavy atom. The summed E-state index contributed by atoms with van der Waals surface area (Å²) in [4.78, 5) is 12.9. The van der Waals surface area contributed by atoms with E-state index in [4.69, 9.17) is 9.47 Å². The molecule has 1 aromatic carbocycles. The molecule has 1 aromatic rings. The molecule has 104 valence electrons. The van der Waals surface area contributed by atoms with Gasteiger partial charge in [0.15, 0.2) is 11.5 Å². The molecule has 0 heterocycles. The van der Waals surface area contributed by atoms with Gasteiger partial charge in [0.1, 0.15) is 0 Å². The summed E-state index contributed by atoms with van der Waals surface area (Å²) in [7, 11) is 3.21. The summed E-state index contributed by atoms with van der Waals surface area (Å²) in [5.74, 6) is 1.48. The first-order valence-corrected chi connectivity index (χ1v) is 7.21. The summed E-state index contributed by atoms with van der Waals surface area (Å²) in [5, 5.41) is 2.90. The summed E-state index contributed by atoms with van der Waals surface area (Å²) in [6.45, 7) is 1.92. The predicted molar refractivity (Wildman–Crippen MR) is 76.0 cm³/mol. The quantitative estimate of drug-likeness (QED) is 0.814. The number of hydrogen-bond donors (Lipinski definition) is 1. The van der Waals surface area contributed by atoms with E-state index in [9.17, 15) is 4.79 Å². The highest BCUT2D eigenvalue weighted by Crippen LogP contribution is 2.33. The average molecular weight is 281 g/mol. The van der Waals surface area contributed by atoms with Crippen molar-refractivity contribution in [3.63, 3.8) is 0 Å². The number of hydrogen-bond acceptors (Lipinski definition) is 4. The largest absolute Gasteiger partial charge is 0.493 e. The van der Waals surface area contributed by atoms with E-state index in [-0.39, 0.29) is 11.2 Å². The lowest BCUT2D eigenvalue weighted by Gasteiger charge is -2.13. The van der Waals surface area contributed by atoms with Crippen molar-refractivity contribution in [2.75, 3.05) is 14.2 Å². The third kappa shape index (κ3) is 3.80. The van der Waals surface area contributed by atoms with Crippen LogP contribution in [0, 0.1) is 0 Å². The van der Waals surface area contributed by atoms with Crippen molar-refractivity contribution in [2.24, 2.45) is 0 Å². The molecule has 0 saturated heterocycles. The number of thioether (sulfide) groups is 1. The number of rotatable bonds is 6. The zero-order chi connectivity index (χ0) is 13.8. The van der Waals surface area contributed by atoms with E-state index in [1.165, 1.54) is 11.8 Å². The van der Waals surface area contributed by atoms with Crippen LogP contribution < -0.4 is 14.8 Å². The van der Waals surface area contributed by atoms with Crippen LogP contribution in [0.15, 0.2) is 23.1 Å². The molecule has 0 unspecified atom stereocenters. The molecule has 5 heteroatoms. The molecule has 1 aliphatic carbocycles. The van der Waals surface area contributed by atoms with E-state index in [1.807, 2.05) is 25.1 Å². The number of amides is 1. The molecule has 0 aliphatic heterocycles. The van der Waals surface area contributed by atoms with Crippen molar-refractivity contribution in [1.29, 1.82) is 0 Å². The normalized spacial score (nSPS) is 15.7. The van der Waals surface area contributed by atoms with Crippen LogP contribution in [-0.2, 0) is 4.79 Å². The van der Waals surface area contributed by atoms with Crippen molar-refractivity contribution in [2.45, 2.75) is 36.0 Å². The Labute approximate surface area is 117 Å². The number of methoxy groups -OCH3 is 2. The Kier molecular flexibility index (Phi) is 4.58. The Morgan fingerprint density at radius 2 is 2.00 bits per heavy atom. The summed E-state index contributed by atoms with van der Waals surface area (Å²) >= 11 is 1.52. The van der Waals surface area contributed by atoms with Crippen LogP contribution in [0.5, 0.6) is 11.5 Å². The van der Waals surface area contributed by atoms with Gasteiger partial charge in [0.05, 0.1) is 19.5 Å². The number of carbonyl (C=O) groups excluding carboxylic acids is 1. The second kappa shape index (κ2) is 6.19. The second-order valence-electron chi connectivity index (χ2n) is 4.56. The number of carbonyl (C=O) groups is 1. The predicted octanol–water partition coefficient (Wildman–Crippen LogP) is 2.46. The first-order chi connectivity index (χ1) is 9.13. The van der Waals surface area contributed by atoms with Crippen LogP contribution in [0.2, 0.25) is 0 Å². The maximum Gasteiger partial charge on any atom is 0.233 e. The lowest BCUT2D eigenvalue weighted by molar-refractivity contribution is -0.120. The molecule has 1 aliphatic rings. The van der Waals surface area contributed by atoms with Gasteiger partial charge < -0.3 is 14.8 Å². The summed E-state index contributed by atoms with van der Waals surface area (Å²) in [6, 6.07) is 6.09. The van der Waals surface area contributed by atoms with Crippen molar-refractivity contribution >= 4 is 17.7 Å². The van der Waals surface area contributed by atoms with Crippen molar-refractivity contribution in [3.05, 3.63) is 18.2 Å². The van der Waals surface area contributed by atoms with E-state index in [0.29, 0.717) is 17.5 Å². The number of ether oxygens (including phenoxy) is 2. The van der Waals surface area contributed by atoms with E-state index in [1.54, 1.807) is 14.2 Å². The van der Waals surface area contributed by atoms with Crippen LogP contribution >= 0.6 is 11.8 Å². The van der Waals surface area contributed by atoms with Crippen molar-refractivity contribution in [1.82, 2.24) is 5.32 Å². The topological polar surface area (TPSA) is 47.6 Å². The highest BCUT2D eigenvalue weighted by Gasteiger charge is 2.26. The SMILES string of the molecule is COc1ccc(S[C@H](C)C(=O)NC2CC2)cc1OC. The lowest BCUT2D eigenvalue weighted by atomic mass is 10.3. The molecule has 0 spiro atoms. The molecule has 1 atom stereocenters. The minimum Gasteiger partial charge on any atom is -0.493 e. The summed E-state index contributed by atoms with van der Waals surface area (Å²) < 4.78 is 10.4. The second-order valence-corrected chi connectivity index (χ2v) is 5.97. The maximum atomic E-state index is 11.9. The number of nitrogens with one attached hydrogen (secondary N) is 1. The van der Waals surface area contributed by atoms with Crippen molar-refractivity contribution in [3.8, 4) is 11.5 Å².